The predicted molar refractivity (Wildman–Crippen MR) is 65.0 cm³/mol. The van der Waals surface area contributed by atoms with Crippen molar-refractivity contribution >= 4 is 5.78 Å². The van der Waals surface area contributed by atoms with E-state index in [1.807, 2.05) is 24.4 Å². The van der Waals surface area contributed by atoms with E-state index in [9.17, 15) is 4.79 Å². The predicted octanol–water partition coefficient (Wildman–Crippen LogP) is 2.45. The first-order valence-corrected chi connectivity index (χ1v) is 5.95. The van der Waals surface area contributed by atoms with Crippen LogP contribution in [-0.4, -0.2) is 15.3 Å². The van der Waals surface area contributed by atoms with Crippen LogP contribution in [0.5, 0.6) is 0 Å². The lowest BCUT2D eigenvalue weighted by Gasteiger charge is -2.14. The second-order valence-electron chi connectivity index (χ2n) is 4.44. The molecule has 3 nitrogen and oxygen atoms in total. The Morgan fingerprint density at radius 2 is 2.00 bits per heavy atom. The summed E-state index contributed by atoms with van der Waals surface area (Å²) in [6.45, 7) is 0.825. The molecule has 0 saturated heterocycles. The summed E-state index contributed by atoms with van der Waals surface area (Å²) in [6.07, 6.45) is 8.32. The van der Waals surface area contributed by atoms with Crippen molar-refractivity contribution in [2.24, 2.45) is 0 Å². The van der Waals surface area contributed by atoms with Gasteiger partial charge in [0.2, 0.25) is 0 Å². The summed E-state index contributed by atoms with van der Waals surface area (Å²) in [6, 6.07) is 5.98. The zero-order valence-corrected chi connectivity index (χ0v) is 9.60. The molecular weight excluding hydrogens is 212 g/mol. The summed E-state index contributed by atoms with van der Waals surface area (Å²) in [7, 11) is 0. The Morgan fingerprint density at radius 1 is 1.18 bits per heavy atom. The van der Waals surface area contributed by atoms with E-state index in [0.717, 1.165) is 24.9 Å². The van der Waals surface area contributed by atoms with Gasteiger partial charge in [0.1, 0.15) is 0 Å². The van der Waals surface area contributed by atoms with Crippen LogP contribution in [0, 0.1) is 0 Å². The zero-order chi connectivity index (χ0) is 11.7. The van der Waals surface area contributed by atoms with E-state index in [0.29, 0.717) is 12.2 Å². The van der Waals surface area contributed by atoms with Crippen molar-refractivity contribution in [2.75, 3.05) is 0 Å². The maximum atomic E-state index is 11.7. The van der Waals surface area contributed by atoms with Crippen molar-refractivity contribution in [2.45, 2.75) is 25.8 Å². The van der Waals surface area contributed by atoms with E-state index in [2.05, 4.69) is 9.55 Å². The average molecular weight is 226 g/mol. The third-order valence-corrected chi connectivity index (χ3v) is 3.30. The Hall–Kier alpha value is -1.90. The van der Waals surface area contributed by atoms with E-state index in [4.69, 9.17) is 0 Å². The summed E-state index contributed by atoms with van der Waals surface area (Å²) in [4.78, 5) is 15.7. The Kier molecular flexibility index (Phi) is 2.52. The highest BCUT2D eigenvalue weighted by molar-refractivity contribution is 5.98. The molecule has 0 N–H and O–H groups in total. The van der Waals surface area contributed by atoms with E-state index in [-0.39, 0.29) is 0 Å². The first-order chi connectivity index (χ1) is 8.34. The largest absolute Gasteiger partial charge is 0.346 e. The topological polar surface area (TPSA) is 34.9 Å². The number of ketones is 1. The van der Waals surface area contributed by atoms with Crippen LogP contribution in [0.15, 0.2) is 36.8 Å². The fourth-order valence-corrected chi connectivity index (χ4v) is 2.42. The quantitative estimate of drug-likeness (QED) is 0.788. The van der Waals surface area contributed by atoms with Crippen LogP contribution < -0.4 is 0 Å². The molecule has 0 atom stereocenters. The molecule has 0 aliphatic heterocycles. The van der Waals surface area contributed by atoms with E-state index >= 15 is 0 Å². The van der Waals surface area contributed by atoms with Crippen LogP contribution in [-0.2, 0) is 13.0 Å². The fourth-order valence-electron chi connectivity index (χ4n) is 2.42. The monoisotopic (exact) mass is 226 g/mol. The van der Waals surface area contributed by atoms with Gasteiger partial charge in [-0.15, -0.1) is 0 Å². The molecule has 86 valence electrons. The summed E-state index contributed by atoms with van der Waals surface area (Å²) in [5.74, 6) is 0.291. The molecule has 2 aromatic heterocycles. The van der Waals surface area contributed by atoms with Crippen LogP contribution in [0.4, 0.5) is 0 Å². The van der Waals surface area contributed by atoms with Gasteiger partial charge in [0.15, 0.2) is 5.78 Å². The molecule has 17 heavy (non-hydrogen) atoms. The highest BCUT2D eigenvalue weighted by Crippen LogP contribution is 2.22. The number of hydrogen-bond donors (Lipinski definition) is 0. The van der Waals surface area contributed by atoms with Crippen LogP contribution >= 0.6 is 0 Å². The second-order valence-corrected chi connectivity index (χ2v) is 4.44. The normalized spacial score (nSPS) is 14.7. The number of hydrogen-bond acceptors (Lipinski definition) is 2. The minimum Gasteiger partial charge on any atom is -0.346 e. The lowest BCUT2D eigenvalue weighted by Crippen LogP contribution is -2.13. The molecule has 0 amide bonds. The minimum absolute atomic E-state index is 0.291. The third kappa shape index (κ3) is 1.88. The maximum absolute atomic E-state index is 11.7. The van der Waals surface area contributed by atoms with Crippen molar-refractivity contribution in [3.63, 3.8) is 0 Å². The number of carbonyl (C=O) groups is 1. The van der Waals surface area contributed by atoms with Gasteiger partial charge in [-0.1, -0.05) is 0 Å². The van der Waals surface area contributed by atoms with Gasteiger partial charge in [-0.2, -0.15) is 0 Å². The van der Waals surface area contributed by atoms with Crippen LogP contribution in [0.3, 0.4) is 0 Å². The standard InChI is InChI=1S/C14H14N2O/c17-14-3-1-2-13-12(14)6-9-16(13)10-11-4-7-15-8-5-11/h4-9H,1-3,10H2. The molecule has 0 bridgehead atoms. The van der Waals surface area contributed by atoms with E-state index < -0.39 is 0 Å². The molecule has 2 heterocycles. The second kappa shape index (κ2) is 4.17. The lowest BCUT2D eigenvalue weighted by molar-refractivity contribution is 0.0972. The van der Waals surface area contributed by atoms with Gasteiger partial charge in [0.25, 0.3) is 0 Å². The van der Waals surface area contributed by atoms with Gasteiger partial charge in [-0.25, -0.2) is 0 Å². The van der Waals surface area contributed by atoms with Crippen molar-refractivity contribution in [1.82, 2.24) is 9.55 Å². The van der Waals surface area contributed by atoms with Crippen LogP contribution in [0.2, 0.25) is 0 Å². The Bertz CT molecular complexity index is 543. The highest BCUT2D eigenvalue weighted by atomic mass is 16.1. The summed E-state index contributed by atoms with van der Waals surface area (Å²) >= 11 is 0. The highest BCUT2D eigenvalue weighted by Gasteiger charge is 2.20. The number of nitrogens with zero attached hydrogens (tertiary/aromatic N) is 2. The molecule has 0 spiro atoms. The molecule has 0 saturated carbocycles. The van der Waals surface area contributed by atoms with Gasteiger partial charge in [-0.3, -0.25) is 9.78 Å². The lowest BCUT2D eigenvalue weighted by atomic mass is 9.97. The van der Waals surface area contributed by atoms with Gasteiger partial charge >= 0.3 is 0 Å². The average Bonchev–Trinajstić information content (AvgIpc) is 2.76. The Morgan fingerprint density at radius 3 is 2.82 bits per heavy atom. The Labute approximate surface area is 100 Å². The molecule has 1 aliphatic rings. The molecule has 3 rings (SSSR count). The van der Waals surface area contributed by atoms with Crippen molar-refractivity contribution < 1.29 is 4.79 Å². The van der Waals surface area contributed by atoms with Gasteiger partial charge < -0.3 is 4.57 Å². The number of carbonyl (C=O) groups excluding carboxylic acids is 1. The van der Waals surface area contributed by atoms with Crippen molar-refractivity contribution in [3.8, 4) is 0 Å². The number of Topliss-reactive ketones (excluding diaryl/α,β-unsaturated/α-hetero) is 1. The van der Waals surface area contributed by atoms with Crippen molar-refractivity contribution in [1.29, 1.82) is 0 Å². The van der Waals surface area contributed by atoms with Crippen LogP contribution in [0.1, 0.15) is 34.5 Å². The summed E-state index contributed by atoms with van der Waals surface area (Å²) in [5.41, 5.74) is 3.33. The molecule has 0 unspecified atom stereocenters. The molecule has 0 fully saturated rings. The summed E-state index contributed by atoms with van der Waals surface area (Å²) < 4.78 is 2.18. The SMILES string of the molecule is O=C1CCCc2c1ccn2Cc1ccncc1. The van der Waals surface area contributed by atoms with E-state index in [1.54, 1.807) is 12.4 Å². The minimum atomic E-state index is 0.291. The molecule has 2 aromatic rings. The molecule has 0 aromatic carbocycles. The first kappa shape index (κ1) is 10.3. The number of aromatic nitrogens is 2. The number of rotatable bonds is 2. The van der Waals surface area contributed by atoms with Gasteiger partial charge in [0.05, 0.1) is 0 Å². The zero-order valence-electron chi connectivity index (χ0n) is 9.60. The molecule has 3 heteroatoms. The number of pyridine rings is 1. The maximum Gasteiger partial charge on any atom is 0.164 e. The van der Waals surface area contributed by atoms with Crippen molar-refractivity contribution in [3.05, 3.63) is 53.6 Å². The molecule has 0 radical (unpaired) electrons. The third-order valence-electron chi connectivity index (χ3n) is 3.30. The van der Waals surface area contributed by atoms with Gasteiger partial charge in [-0.05, 0) is 36.6 Å². The van der Waals surface area contributed by atoms with Gasteiger partial charge in [0, 0.05) is 42.8 Å². The Balaban J connectivity index is 1.92. The first-order valence-electron chi connectivity index (χ1n) is 5.95. The molecule has 1 aliphatic carbocycles. The fraction of sp³-hybridized carbons (Fsp3) is 0.286. The van der Waals surface area contributed by atoms with E-state index in [1.165, 1.54) is 11.3 Å². The molecular formula is C14H14N2O. The number of fused-ring (bicyclic) bond motifs is 1. The smallest absolute Gasteiger partial charge is 0.164 e. The summed E-state index contributed by atoms with van der Waals surface area (Å²) in [5, 5.41) is 0. The van der Waals surface area contributed by atoms with Crippen LogP contribution in [0.25, 0.3) is 0 Å².